The quantitative estimate of drug-likeness (QED) is 0.824. The second-order valence-electron chi connectivity index (χ2n) is 5.63. The molecule has 2 heterocycles. The minimum atomic E-state index is -0.0152. The fourth-order valence-electron chi connectivity index (χ4n) is 2.86. The van der Waals surface area contributed by atoms with E-state index in [9.17, 15) is 4.79 Å². The third-order valence-electron chi connectivity index (χ3n) is 3.90. The van der Waals surface area contributed by atoms with Crippen LogP contribution < -0.4 is 5.73 Å². The van der Waals surface area contributed by atoms with Crippen molar-refractivity contribution in [2.45, 2.75) is 57.3 Å². The maximum atomic E-state index is 12.2. The van der Waals surface area contributed by atoms with Crippen LogP contribution in [0.3, 0.4) is 0 Å². The molecule has 0 aromatic rings. The largest absolute Gasteiger partial charge is 0.378 e. The third-order valence-corrected chi connectivity index (χ3v) is 3.90. The van der Waals surface area contributed by atoms with E-state index in [1.807, 2.05) is 11.8 Å². The van der Waals surface area contributed by atoms with E-state index in [0.717, 1.165) is 25.9 Å². The molecule has 2 aliphatic heterocycles. The Morgan fingerprint density at radius 1 is 1.32 bits per heavy atom. The molecule has 0 aromatic heterocycles. The van der Waals surface area contributed by atoms with E-state index in [1.165, 1.54) is 6.42 Å². The fraction of sp³-hybridized carbons (Fsp3) is 0.929. The Labute approximate surface area is 115 Å². The van der Waals surface area contributed by atoms with Gasteiger partial charge in [0, 0.05) is 32.7 Å². The molecule has 0 radical (unpaired) electrons. The summed E-state index contributed by atoms with van der Waals surface area (Å²) >= 11 is 0. The molecule has 2 N–H and O–H groups in total. The molecule has 2 aliphatic rings. The molecule has 19 heavy (non-hydrogen) atoms. The Hall–Kier alpha value is -0.650. The first-order valence-electron chi connectivity index (χ1n) is 7.44. The van der Waals surface area contributed by atoms with Gasteiger partial charge < -0.3 is 20.1 Å². The van der Waals surface area contributed by atoms with Gasteiger partial charge in [-0.3, -0.25) is 4.79 Å². The van der Waals surface area contributed by atoms with Crippen LogP contribution in [0.2, 0.25) is 0 Å². The van der Waals surface area contributed by atoms with Gasteiger partial charge in [0.25, 0.3) is 0 Å². The molecule has 5 nitrogen and oxygen atoms in total. The van der Waals surface area contributed by atoms with Crippen LogP contribution >= 0.6 is 0 Å². The number of ether oxygens (including phenoxy) is 2. The molecule has 3 unspecified atom stereocenters. The number of amides is 1. The normalized spacial score (nSPS) is 32.3. The zero-order valence-corrected chi connectivity index (χ0v) is 11.8. The van der Waals surface area contributed by atoms with Gasteiger partial charge in [-0.2, -0.15) is 0 Å². The fourth-order valence-corrected chi connectivity index (χ4v) is 2.86. The highest BCUT2D eigenvalue weighted by Gasteiger charge is 2.27. The average Bonchev–Trinajstić information content (AvgIpc) is 2.45. The van der Waals surface area contributed by atoms with Crippen LogP contribution in [0.15, 0.2) is 0 Å². The second-order valence-corrected chi connectivity index (χ2v) is 5.63. The summed E-state index contributed by atoms with van der Waals surface area (Å²) in [4.78, 5) is 14.1. The van der Waals surface area contributed by atoms with Crippen molar-refractivity contribution < 1.29 is 14.3 Å². The highest BCUT2D eigenvalue weighted by molar-refractivity contribution is 5.76. The molecule has 5 heteroatoms. The number of rotatable bonds is 4. The lowest BCUT2D eigenvalue weighted by Gasteiger charge is -2.36. The van der Waals surface area contributed by atoms with E-state index in [4.69, 9.17) is 15.2 Å². The van der Waals surface area contributed by atoms with Crippen molar-refractivity contribution in [2.24, 2.45) is 5.73 Å². The lowest BCUT2D eigenvalue weighted by molar-refractivity contribution is -0.144. The molecule has 0 saturated carbocycles. The minimum Gasteiger partial charge on any atom is -0.378 e. The summed E-state index contributed by atoms with van der Waals surface area (Å²) in [5, 5.41) is 0. The van der Waals surface area contributed by atoms with Gasteiger partial charge in [-0.15, -0.1) is 0 Å². The van der Waals surface area contributed by atoms with E-state index < -0.39 is 0 Å². The van der Waals surface area contributed by atoms with Crippen LogP contribution in [0.1, 0.15) is 39.0 Å². The number of hydrogen-bond acceptors (Lipinski definition) is 4. The highest BCUT2D eigenvalue weighted by Crippen LogP contribution is 2.18. The third kappa shape index (κ3) is 4.44. The van der Waals surface area contributed by atoms with Crippen LogP contribution in [0.5, 0.6) is 0 Å². The highest BCUT2D eigenvalue weighted by atomic mass is 16.5. The van der Waals surface area contributed by atoms with Crippen LogP contribution in [0.25, 0.3) is 0 Å². The van der Waals surface area contributed by atoms with Gasteiger partial charge >= 0.3 is 0 Å². The van der Waals surface area contributed by atoms with Crippen molar-refractivity contribution in [3.63, 3.8) is 0 Å². The lowest BCUT2D eigenvalue weighted by atomic mass is 10.0. The minimum absolute atomic E-state index is 0.0152. The molecule has 2 rings (SSSR count). The summed E-state index contributed by atoms with van der Waals surface area (Å²) in [5.74, 6) is 0.211. The predicted molar refractivity (Wildman–Crippen MR) is 72.8 cm³/mol. The molecule has 0 spiro atoms. The van der Waals surface area contributed by atoms with Gasteiger partial charge in [0.2, 0.25) is 5.91 Å². The molecule has 2 saturated heterocycles. The van der Waals surface area contributed by atoms with E-state index >= 15 is 0 Å². The van der Waals surface area contributed by atoms with E-state index in [-0.39, 0.29) is 24.2 Å². The summed E-state index contributed by atoms with van der Waals surface area (Å²) in [6.07, 6.45) is 5.24. The molecule has 3 atom stereocenters. The van der Waals surface area contributed by atoms with Crippen molar-refractivity contribution in [3.05, 3.63) is 0 Å². The first-order valence-corrected chi connectivity index (χ1v) is 7.44. The molecular formula is C14H26N2O3. The van der Waals surface area contributed by atoms with Crippen LogP contribution in [-0.4, -0.2) is 55.4 Å². The number of nitrogens with two attached hydrogens (primary N) is 1. The Kier molecular flexibility index (Phi) is 5.60. The molecular weight excluding hydrogens is 244 g/mol. The number of carbonyl (C=O) groups excluding carboxylic acids is 1. The maximum Gasteiger partial charge on any atom is 0.222 e. The topological polar surface area (TPSA) is 64.8 Å². The number of morpholine rings is 1. The zero-order valence-electron chi connectivity index (χ0n) is 11.8. The van der Waals surface area contributed by atoms with Gasteiger partial charge in [0.05, 0.1) is 18.3 Å². The van der Waals surface area contributed by atoms with Crippen molar-refractivity contribution in [1.29, 1.82) is 0 Å². The van der Waals surface area contributed by atoms with Gasteiger partial charge in [-0.25, -0.2) is 0 Å². The van der Waals surface area contributed by atoms with E-state index in [1.54, 1.807) is 0 Å². The van der Waals surface area contributed by atoms with Crippen molar-refractivity contribution in [2.75, 3.05) is 26.2 Å². The Morgan fingerprint density at radius 3 is 2.84 bits per heavy atom. The maximum absolute atomic E-state index is 12.2. The lowest BCUT2D eigenvalue weighted by Crippen LogP contribution is -2.51. The van der Waals surface area contributed by atoms with Crippen molar-refractivity contribution in [1.82, 2.24) is 4.90 Å². The Bertz CT molecular complexity index is 292. The van der Waals surface area contributed by atoms with E-state index in [2.05, 4.69) is 0 Å². The summed E-state index contributed by atoms with van der Waals surface area (Å²) in [6, 6.07) is 0. The van der Waals surface area contributed by atoms with Gasteiger partial charge in [-0.05, 0) is 32.6 Å². The van der Waals surface area contributed by atoms with E-state index in [0.29, 0.717) is 26.1 Å². The van der Waals surface area contributed by atoms with Gasteiger partial charge in [0.1, 0.15) is 0 Å². The number of nitrogens with zero attached hydrogens (tertiary/aromatic N) is 1. The average molecular weight is 270 g/mol. The summed E-state index contributed by atoms with van der Waals surface area (Å²) in [6.45, 7) is 4.63. The molecule has 1 amide bonds. The SMILES string of the molecule is CC1CN(C(=O)CCC2CCCCO2)CC(CN)O1. The molecule has 2 fully saturated rings. The van der Waals surface area contributed by atoms with Crippen LogP contribution in [0, 0.1) is 0 Å². The van der Waals surface area contributed by atoms with Gasteiger partial charge in [0.15, 0.2) is 0 Å². The zero-order chi connectivity index (χ0) is 13.7. The summed E-state index contributed by atoms with van der Waals surface area (Å²) in [5.41, 5.74) is 5.64. The predicted octanol–water partition coefficient (Wildman–Crippen LogP) is 0.910. The second kappa shape index (κ2) is 7.22. The monoisotopic (exact) mass is 270 g/mol. The van der Waals surface area contributed by atoms with Crippen LogP contribution in [-0.2, 0) is 14.3 Å². The number of hydrogen-bond donors (Lipinski definition) is 1. The molecule has 0 bridgehead atoms. The van der Waals surface area contributed by atoms with Crippen molar-refractivity contribution in [3.8, 4) is 0 Å². The first-order chi connectivity index (χ1) is 9.19. The van der Waals surface area contributed by atoms with Crippen LogP contribution in [0.4, 0.5) is 0 Å². The summed E-state index contributed by atoms with van der Waals surface area (Å²) in [7, 11) is 0. The smallest absolute Gasteiger partial charge is 0.222 e. The van der Waals surface area contributed by atoms with Crippen molar-refractivity contribution >= 4 is 5.91 Å². The van der Waals surface area contributed by atoms with Gasteiger partial charge in [-0.1, -0.05) is 0 Å². The summed E-state index contributed by atoms with van der Waals surface area (Å²) < 4.78 is 11.3. The standard InChI is InChI=1S/C14H26N2O3/c1-11-9-16(10-13(8-15)19-11)14(17)6-5-12-4-2-3-7-18-12/h11-13H,2-10,15H2,1H3. The molecule has 110 valence electrons. The Morgan fingerprint density at radius 2 is 2.16 bits per heavy atom. The Balaban J connectivity index is 1.75. The molecule has 0 aromatic carbocycles. The number of carbonyl (C=O) groups is 1. The first kappa shape index (κ1) is 14.8. The molecule has 0 aliphatic carbocycles.